The average Bonchev–Trinajstić information content (AvgIpc) is 2.78. The van der Waals surface area contributed by atoms with E-state index < -0.39 is 65.8 Å². The molecule has 0 fully saturated rings. The molecule has 0 bridgehead atoms. The van der Waals surface area contributed by atoms with Gasteiger partial charge in [0.1, 0.15) is 18.1 Å². The van der Waals surface area contributed by atoms with Crippen LogP contribution in [-0.4, -0.2) is 75.3 Å². The van der Waals surface area contributed by atoms with Crippen LogP contribution in [0.3, 0.4) is 0 Å². The Balaban J connectivity index is 2.90. The number of aliphatic hydroxyl groups is 1. The Morgan fingerprint density at radius 3 is 1.89 bits per heavy atom. The number of amides is 3. The van der Waals surface area contributed by atoms with E-state index in [0.29, 0.717) is 5.56 Å². The van der Waals surface area contributed by atoms with Crippen molar-refractivity contribution in [1.29, 1.82) is 0 Å². The van der Waals surface area contributed by atoms with E-state index in [0.717, 1.165) is 0 Å². The van der Waals surface area contributed by atoms with Crippen molar-refractivity contribution in [3.63, 3.8) is 0 Å². The van der Waals surface area contributed by atoms with Crippen LogP contribution in [0.4, 0.5) is 0 Å². The van der Waals surface area contributed by atoms with Crippen molar-refractivity contribution >= 4 is 29.7 Å². The highest BCUT2D eigenvalue weighted by Gasteiger charge is 2.33. The van der Waals surface area contributed by atoms with Crippen LogP contribution < -0.4 is 21.7 Å². The standard InChI is InChI=1S/C23H34N4O8/c1-12(2)18(21(32)25-16(23(34)35)11-14-7-5-4-6-8-14)26-22(33)19(13(3)28)27-20(31)15(24)9-10-17(29)30/h4-8,12-13,15-16,18-19,28H,9-11,24H2,1-3H3,(H,25,32)(H,26,33)(H,27,31)(H,29,30)(H,34,35). The molecule has 3 amide bonds. The van der Waals surface area contributed by atoms with Crippen molar-refractivity contribution in [3.05, 3.63) is 35.9 Å². The third-order valence-corrected chi connectivity index (χ3v) is 5.21. The number of carboxylic acids is 2. The summed E-state index contributed by atoms with van der Waals surface area (Å²) in [5.74, 6) is -5.33. The number of hydrogen-bond donors (Lipinski definition) is 7. The Morgan fingerprint density at radius 2 is 1.40 bits per heavy atom. The van der Waals surface area contributed by atoms with Crippen LogP contribution in [0.15, 0.2) is 30.3 Å². The lowest BCUT2D eigenvalue weighted by Gasteiger charge is -2.28. The molecule has 35 heavy (non-hydrogen) atoms. The zero-order chi connectivity index (χ0) is 26.7. The highest BCUT2D eigenvalue weighted by atomic mass is 16.4. The predicted octanol–water partition coefficient (Wildman–Crippen LogP) is -1.00. The molecular formula is C23H34N4O8. The number of carbonyl (C=O) groups excluding carboxylic acids is 3. The Labute approximate surface area is 203 Å². The molecule has 12 nitrogen and oxygen atoms in total. The number of nitrogens with two attached hydrogens (primary N) is 1. The Hall–Kier alpha value is -3.51. The van der Waals surface area contributed by atoms with Crippen LogP contribution in [-0.2, 0) is 30.4 Å². The summed E-state index contributed by atoms with van der Waals surface area (Å²) in [6.07, 6.45) is -1.87. The number of nitrogens with one attached hydrogen (secondary N) is 3. The minimum Gasteiger partial charge on any atom is -0.481 e. The summed E-state index contributed by atoms with van der Waals surface area (Å²) in [4.78, 5) is 60.3. The average molecular weight is 495 g/mol. The lowest BCUT2D eigenvalue weighted by molar-refractivity contribution is -0.142. The molecular weight excluding hydrogens is 460 g/mol. The largest absolute Gasteiger partial charge is 0.481 e. The van der Waals surface area contributed by atoms with Crippen molar-refractivity contribution in [2.75, 3.05) is 0 Å². The lowest BCUT2D eigenvalue weighted by Crippen LogP contribution is -2.60. The summed E-state index contributed by atoms with van der Waals surface area (Å²) >= 11 is 0. The van der Waals surface area contributed by atoms with E-state index in [1.165, 1.54) is 6.92 Å². The topological polar surface area (TPSA) is 208 Å². The molecule has 0 saturated heterocycles. The number of hydrogen-bond acceptors (Lipinski definition) is 7. The van der Waals surface area contributed by atoms with Crippen molar-refractivity contribution in [1.82, 2.24) is 16.0 Å². The first kappa shape index (κ1) is 29.5. The Kier molecular flexibility index (Phi) is 11.8. The molecule has 1 rings (SSSR count). The van der Waals surface area contributed by atoms with E-state index in [-0.39, 0.29) is 19.3 Å². The van der Waals surface area contributed by atoms with Crippen molar-refractivity contribution in [3.8, 4) is 0 Å². The van der Waals surface area contributed by atoms with Gasteiger partial charge in [0.25, 0.3) is 0 Å². The molecule has 5 atom stereocenters. The van der Waals surface area contributed by atoms with Gasteiger partial charge >= 0.3 is 11.9 Å². The van der Waals surface area contributed by atoms with E-state index in [2.05, 4.69) is 16.0 Å². The summed E-state index contributed by atoms with van der Waals surface area (Å²) in [6, 6.07) is 3.59. The monoisotopic (exact) mass is 494 g/mol. The first-order valence-electron chi connectivity index (χ1n) is 11.2. The fraction of sp³-hybridized carbons (Fsp3) is 0.522. The summed E-state index contributed by atoms with van der Waals surface area (Å²) in [7, 11) is 0. The van der Waals surface area contributed by atoms with Crippen molar-refractivity contribution in [2.45, 2.75) is 70.3 Å². The zero-order valence-electron chi connectivity index (χ0n) is 19.9. The van der Waals surface area contributed by atoms with Crippen molar-refractivity contribution in [2.24, 2.45) is 11.7 Å². The van der Waals surface area contributed by atoms with E-state index in [4.69, 9.17) is 10.8 Å². The molecule has 1 aromatic carbocycles. The van der Waals surface area contributed by atoms with Gasteiger partial charge in [-0.05, 0) is 24.8 Å². The molecule has 0 spiro atoms. The number of aliphatic hydroxyl groups excluding tert-OH is 1. The van der Waals surface area contributed by atoms with Gasteiger partial charge in [0.05, 0.1) is 12.1 Å². The zero-order valence-corrected chi connectivity index (χ0v) is 19.9. The van der Waals surface area contributed by atoms with E-state index in [1.807, 2.05) is 0 Å². The van der Waals surface area contributed by atoms with E-state index in [9.17, 15) is 34.2 Å². The Morgan fingerprint density at radius 1 is 0.857 bits per heavy atom. The number of aliphatic carboxylic acids is 2. The van der Waals surface area contributed by atoms with Crippen molar-refractivity contribution < 1.29 is 39.3 Å². The minimum atomic E-state index is -1.48. The fourth-order valence-electron chi connectivity index (χ4n) is 3.16. The molecule has 12 heteroatoms. The van der Waals surface area contributed by atoms with E-state index >= 15 is 0 Å². The summed E-state index contributed by atoms with van der Waals surface area (Å²) in [5.41, 5.74) is 6.35. The molecule has 0 aliphatic carbocycles. The van der Waals surface area contributed by atoms with Crippen LogP contribution in [0.25, 0.3) is 0 Å². The molecule has 0 radical (unpaired) electrons. The molecule has 0 aromatic heterocycles. The smallest absolute Gasteiger partial charge is 0.326 e. The molecule has 5 unspecified atom stereocenters. The predicted molar refractivity (Wildman–Crippen MR) is 125 cm³/mol. The molecule has 0 saturated carbocycles. The Bertz CT molecular complexity index is 891. The van der Waals surface area contributed by atoms with Gasteiger partial charge in [0, 0.05) is 12.8 Å². The first-order valence-corrected chi connectivity index (χ1v) is 11.2. The first-order chi connectivity index (χ1) is 16.3. The molecule has 0 aliphatic heterocycles. The van der Waals surface area contributed by atoms with Crippen LogP contribution in [0.2, 0.25) is 0 Å². The third kappa shape index (κ3) is 10.1. The van der Waals surface area contributed by atoms with Gasteiger partial charge in [0.2, 0.25) is 17.7 Å². The summed E-state index contributed by atoms with van der Waals surface area (Å²) in [6.45, 7) is 4.52. The SMILES string of the molecule is CC(C)C(NC(=O)C(NC(=O)C(N)CCC(=O)O)C(C)O)C(=O)NC(Cc1ccccc1)C(=O)O. The number of carbonyl (C=O) groups is 5. The highest BCUT2D eigenvalue weighted by Crippen LogP contribution is 2.08. The lowest BCUT2D eigenvalue weighted by atomic mass is 10.0. The number of benzene rings is 1. The van der Waals surface area contributed by atoms with E-state index in [1.54, 1.807) is 44.2 Å². The second-order valence-corrected chi connectivity index (χ2v) is 8.59. The van der Waals surface area contributed by atoms with Gasteiger partial charge in [0.15, 0.2) is 0 Å². The van der Waals surface area contributed by atoms with Crippen LogP contribution in [0.1, 0.15) is 39.2 Å². The van der Waals surface area contributed by atoms with Gasteiger partial charge < -0.3 is 37.0 Å². The maximum atomic E-state index is 12.9. The van der Waals surface area contributed by atoms with Crippen LogP contribution >= 0.6 is 0 Å². The molecule has 194 valence electrons. The third-order valence-electron chi connectivity index (χ3n) is 5.21. The van der Waals surface area contributed by atoms with Gasteiger partial charge in [-0.2, -0.15) is 0 Å². The van der Waals surface area contributed by atoms with Crippen LogP contribution in [0.5, 0.6) is 0 Å². The molecule has 8 N–H and O–H groups in total. The molecule has 0 aliphatic rings. The quantitative estimate of drug-likeness (QED) is 0.169. The highest BCUT2D eigenvalue weighted by molar-refractivity contribution is 5.94. The minimum absolute atomic E-state index is 0.0290. The number of carboxylic acid groups (broad SMARTS) is 2. The maximum absolute atomic E-state index is 12.9. The second kappa shape index (κ2) is 14.0. The van der Waals surface area contributed by atoms with Crippen LogP contribution in [0, 0.1) is 5.92 Å². The summed E-state index contributed by atoms with van der Waals surface area (Å²) < 4.78 is 0. The van der Waals surface area contributed by atoms with Gasteiger partial charge in [-0.25, -0.2) is 4.79 Å². The van der Waals surface area contributed by atoms with Gasteiger partial charge in [-0.3, -0.25) is 19.2 Å². The molecule has 1 aromatic rings. The summed E-state index contributed by atoms with van der Waals surface area (Å²) in [5, 5.41) is 35.4. The molecule has 0 heterocycles. The normalized spacial score (nSPS) is 15.3. The maximum Gasteiger partial charge on any atom is 0.326 e. The van der Waals surface area contributed by atoms with Gasteiger partial charge in [-0.15, -0.1) is 0 Å². The number of rotatable bonds is 14. The second-order valence-electron chi connectivity index (χ2n) is 8.59. The van der Waals surface area contributed by atoms with Gasteiger partial charge in [-0.1, -0.05) is 44.2 Å². The fourth-order valence-corrected chi connectivity index (χ4v) is 3.16.